The zero-order chi connectivity index (χ0) is 12.9. The van der Waals surface area contributed by atoms with E-state index in [9.17, 15) is 0 Å². The number of nitrogens with one attached hydrogen (secondary N) is 1. The zero-order valence-corrected chi connectivity index (χ0v) is 12.1. The summed E-state index contributed by atoms with van der Waals surface area (Å²) < 4.78 is 2.92. The summed E-state index contributed by atoms with van der Waals surface area (Å²) in [5.41, 5.74) is 1.14. The molecule has 0 aliphatic rings. The minimum Gasteiger partial charge on any atom is -0.391 e. The average Bonchev–Trinajstić information content (AvgIpc) is 2.56. The second-order valence-corrected chi connectivity index (χ2v) is 6.47. The van der Waals surface area contributed by atoms with Gasteiger partial charge in [-0.25, -0.2) is 0 Å². The first-order valence-electron chi connectivity index (χ1n) is 5.41. The van der Waals surface area contributed by atoms with Crippen molar-refractivity contribution in [3.63, 3.8) is 0 Å². The van der Waals surface area contributed by atoms with Crippen molar-refractivity contribution in [2.75, 3.05) is 34.3 Å². The maximum absolute atomic E-state index is 8.39. The van der Waals surface area contributed by atoms with Gasteiger partial charge >= 0.3 is 0 Å². The van der Waals surface area contributed by atoms with Crippen LogP contribution in [-0.2, 0) is 0 Å². The van der Waals surface area contributed by atoms with Gasteiger partial charge in [-0.1, -0.05) is 12.1 Å². The van der Waals surface area contributed by atoms with Crippen molar-refractivity contribution in [3.8, 4) is 0 Å². The van der Waals surface area contributed by atoms with Gasteiger partial charge in [0.1, 0.15) is 6.54 Å². The number of H-pyrrole nitrogens is 1. The first kappa shape index (κ1) is 14.3. The van der Waals surface area contributed by atoms with Crippen molar-refractivity contribution in [2.24, 2.45) is 0 Å². The third-order valence-corrected chi connectivity index (χ3v) is 3.31. The lowest BCUT2D eigenvalue weighted by molar-refractivity contribution is -0.870. The third-order valence-electron chi connectivity index (χ3n) is 2.10. The number of quaternary nitrogens is 1. The third kappa shape index (κ3) is 5.41. The van der Waals surface area contributed by atoms with Crippen LogP contribution in [0, 0.1) is 3.95 Å². The van der Waals surface area contributed by atoms with Crippen LogP contribution in [0.2, 0.25) is 0 Å². The Morgan fingerprint density at radius 3 is 2.41 bits per heavy atom. The van der Waals surface area contributed by atoms with Crippen LogP contribution >= 0.6 is 23.6 Å². The fraction of sp³-hybridized carbons (Fsp3) is 0.417. The molecule has 0 saturated carbocycles. The van der Waals surface area contributed by atoms with Crippen LogP contribution in [0.3, 0.4) is 0 Å². The molecule has 3 nitrogen and oxygen atoms in total. The number of fused-ring (bicyclic) bond motifs is 1. The summed E-state index contributed by atoms with van der Waals surface area (Å²) >= 11 is 6.59. The molecule has 1 aromatic carbocycles. The van der Waals surface area contributed by atoms with Crippen LogP contribution in [0.4, 0.5) is 0 Å². The largest absolute Gasteiger partial charge is 0.391 e. The van der Waals surface area contributed by atoms with Crippen LogP contribution in [0.5, 0.6) is 0 Å². The summed E-state index contributed by atoms with van der Waals surface area (Å²) in [4.78, 5) is 3.09. The van der Waals surface area contributed by atoms with Gasteiger partial charge in [0, 0.05) is 0 Å². The molecular formula is C12H19N2OS2+. The molecule has 2 N–H and O–H groups in total. The number of hydrogen-bond donors (Lipinski definition) is 2. The fourth-order valence-electron chi connectivity index (χ4n) is 1.19. The number of aromatic amines is 1. The first-order chi connectivity index (χ1) is 7.92. The van der Waals surface area contributed by atoms with Crippen LogP contribution in [0.1, 0.15) is 0 Å². The molecule has 94 valence electrons. The van der Waals surface area contributed by atoms with Crippen molar-refractivity contribution >= 4 is 33.8 Å². The van der Waals surface area contributed by atoms with E-state index in [2.05, 4.69) is 32.2 Å². The molecule has 0 saturated heterocycles. The number of aromatic nitrogens is 1. The zero-order valence-electron chi connectivity index (χ0n) is 10.4. The normalized spacial score (nSPS) is 11.1. The Balaban J connectivity index is 0.000000185. The number of likely N-dealkylation sites (N-methyl/N-ethyl adjacent to an activating group) is 1. The number of para-hydroxylation sites is 1. The van der Waals surface area contributed by atoms with Gasteiger partial charge in [0.25, 0.3) is 0 Å². The Kier molecular flexibility index (Phi) is 5.27. The van der Waals surface area contributed by atoms with E-state index < -0.39 is 0 Å². The van der Waals surface area contributed by atoms with E-state index in [4.69, 9.17) is 17.3 Å². The second kappa shape index (κ2) is 6.26. The number of thiazole rings is 1. The first-order valence-corrected chi connectivity index (χ1v) is 6.64. The molecule has 0 bridgehead atoms. The van der Waals surface area contributed by atoms with Gasteiger partial charge in [-0.2, -0.15) is 0 Å². The lowest BCUT2D eigenvalue weighted by Crippen LogP contribution is -2.36. The number of aliphatic hydroxyl groups is 1. The van der Waals surface area contributed by atoms with Crippen molar-refractivity contribution in [1.82, 2.24) is 4.98 Å². The van der Waals surface area contributed by atoms with E-state index in [-0.39, 0.29) is 6.61 Å². The van der Waals surface area contributed by atoms with Gasteiger partial charge in [-0.3, -0.25) is 0 Å². The molecule has 0 amide bonds. The van der Waals surface area contributed by atoms with Crippen LogP contribution in [-0.4, -0.2) is 48.9 Å². The highest BCUT2D eigenvalue weighted by Gasteiger charge is 2.02. The summed E-state index contributed by atoms with van der Waals surface area (Å²) in [5.74, 6) is 0. The molecule has 0 aliphatic heterocycles. The Hall–Kier alpha value is -0.750. The summed E-state index contributed by atoms with van der Waals surface area (Å²) in [6, 6.07) is 8.11. The van der Waals surface area contributed by atoms with Gasteiger partial charge in [0.15, 0.2) is 3.95 Å². The minimum absolute atomic E-state index is 0.281. The van der Waals surface area contributed by atoms with Crippen LogP contribution < -0.4 is 0 Å². The van der Waals surface area contributed by atoms with Crippen molar-refractivity contribution in [1.29, 1.82) is 0 Å². The molecule has 2 aromatic rings. The summed E-state index contributed by atoms with van der Waals surface area (Å²) in [5, 5.41) is 8.39. The molecule has 2 rings (SSSR count). The molecule has 0 unspecified atom stereocenters. The van der Waals surface area contributed by atoms with Crippen molar-refractivity contribution in [2.45, 2.75) is 0 Å². The van der Waals surface area contributed by atoms with Crippen molar-refractivity contribution < 1.29 is 9.59 Å². The average molecular weight is 271 g/mol. The predicted molar refractivity (Wildman–Crippen MR) is 77.0 cm³/mol. The Morgan fingerprint density at radius 1 is 1.29 bits per heavy atom. The molecule has 17 heavy (non-hydrogen) atoms. The molecule has 0 aliphatic carbocycles. The molecule has 0 atom stereocenters. The quantitative estimate of drug-likeness (QED) is 0.651. The molecule has 0 radical (unpaired) electrons. The molecule has 1 aromatic heterocycles. The lowest BCUT2D eigenvalue weighted by atomic mass is 10.3. The summed E-state index contributed by atoms with van der Waals surface area (Å²) in [6.07, 6.45) is 0. The molecule has 5 heteroatoms. The number of aliphatic hydroxyl groups excluding tert-OH is 1. The van der Waals surface area contributed by atoms with Gasteiger partial charge in [0.05, 0.1) is 38.0 Å². The lowest BCUT2D eigenvalue weighted by Gasteiger charge is -2.21. The highest BCUT2D eigenvalue weighted by atomic mass is 32.1. The monoisotopic (exact) mass is 271 g/mol. The molecule has 1 heterocycles. The van der Waals surface area contributed by atoms with Gasteiger partial charge in [-0.05, 0) is 24.4 Å². The van der Waals surface area contributed by atoms with Gasteiger partial charge in [0.2, 0.25) is 0 Å². The topological polar surface area (TPSA) is 36.0 Å². The van der Waals surface area contributed by atoms with E-state index in [1.807, 2.05) is 18.2 Å². The number of benzene rings is 1. The standard InChI is InChI=1S/C7H5NS2.C5H14NO/c9-7-8-5-3-1-2-4-6(5)10-7;1-6(2,3)4-5-7/h1-4H,(H,8,9);7H,4-5H2,1-3H3/q;+1. The maximum atomic E-state index is 8.39. The van der Waals surface area contributed by atoms with E-state index >= 15 is 0 Å². The SMILES string of the molecule is C[N+](C)(C)CCO.S=c1[nH]c2ccccc2s1. The Labute approximate surface area is 111 Å². The highest BCUT2D eigenvalue weighted by molar-refractivity contribution is 7.73. The maximum Gasteiger partial charge on any atom is 0.159 e. The summed E-state index contributed by atoms with van der Waals surface area (Å²) in [6.45, 7) is 1.11. The van der Waals surface area contributed by atoms with Gasteiger partial charge in [-0.15, -0.1) is 11.3 Å². The van der Waals surface area contributed by atoms with Crippen LogP contribution in [0.25, 0.3) is 10.2 Å². The van der Waals surface area contributed by atoms with Crippen LogP contribution in [0.15, 0.2) is 24.3 Å². The second-order valence-electron chi connectivity index (χ2n) is 4.75. The molecule has 0 fully saturated rings. The van der Waals surface area contributed by atoms with E-state index in [1.165, 1.54) is 4.70 Å². The minimum atomic E-state index is 0.281. The highest BCUT2D eigenvalue weighted by Crippen LogP contribution is 2.17. The number of rotatable bonds is 2. The Bertz CT molecular complexity index is 475. The molecular weight excluding hydrogens is 252 g/mol. The predicted octanol–water partition coefficient (Wildman–Crippen LogP) is 2.64. The molecule has 0 spiro atoms. The van der Waals surface area contributed by atoms with Crippen molar-refractivity contribution in [3.05, 3.63) is 28.2 Å². The van der Waals surface area contributed by atoms with E-state index in [0.717, 1.165) is 20.5 Å². The smallest absolute Gasteiger partial charge is 0.159 e. The Morgan fingerprint density at radius 2 is 1.94 bits per heavy atom. The van der Waals surface area contributed by atoms with E-state index in [0.29, 0.717) is 0 Å². The van der Waals surface area contributed by atoms with Gasteiger partial charge < -0.3 is 14.6 Å². The fourth-order valence-corrected chi connectivity index (χ4v) is 2.31. The van der Waals surface area contributed by atoms with E-state index in [1.54, 1.807) is 11.3 Å². The number of nitrogens with zero attached hydrogens (tertiary/aromatic N) is 1. The summed E-state index contributed by atoms with van der Waals surface area (Å²) in [7, 11) is 6.16. The number of hydrogen-bond acceptors (Lipinski definition) is 3.